The zero-order valence-corrected chi connectivity index (χ0v) is 21.9. The molecule has 0 aliphatic heterocycles. The van der Waals surface area contributed by atoms with Crippen LogP contribution in [0.4, 0.5) is 13.2 Å². The lowest BCUT2D eigenvalue weighted by Crippen LogP contribution is -2.03. The molecule has 37 heavy (non-hydrogen) atoms. The van der Waals surface area contributed by atoms with Crippen molar-refractivity contribution in [2.24, 2.45) is 0 Å². The van der Waals surface area contributed by atoms with E-state index in [4.69, 9.17) is 16.3 Å². The van der Waals surface area contributed by atoms with Crippen molar-refractivity contribution in [1.82, 2.24) is 0 Å². The van der Waals surface area contributed by atoms with Gasteiger partial charge in [0.1, 0.15) is 23.2 Å². The maximum absolute atomic E-state index is 15.2. The van der Waals surface area contributed by atoms with Crippen LogP contribution in [0.25, 0.3) is 10.8 Å². The molecule has 1 nitrogen and oxygen atoms in total. The minimum atomic E-state index is -0.597. The smallest absolute Gasteiger partial charge is 0.134 e. The van der Waals surface area contributed by atoms with Crippen molar-refractivity contribution in [1.29, 1.82) is 0 Å². The fourth-order valence-electron chi connectivity index (χ4n) is 4.56. The monoisotopic (exact) mass is 524 g/mol. The van der Waals surface area contributed by atoms with Gasteiger partial charge in [-0.05, 0) is 66.3 Å². The van der Waals surface area contributed by atoms with Crippen LogP contribution in [0.5, 0.6) is 5.75 Å². The topological polar surface area (TPSA) is 9.23 Å². The van der Waals surface area contributed by atoms with E-state index in [0.29, 0.717) is 35.4 Å². The third-order valence-corrected chi connectivity index (χ3v) is 6.99. The Morgan fingerprint density at radius 2 is 1.41 bits per heavy atom. The number of aryl methyl sites for hydroxylation is 3. The van der Waals surface area contributed by atoms with Crippen molar-refractivity contribution < 1.29 is 17.9 Å². The Bertz CT molecular complexity index is 1310. The highest BCUT2D eigenvalue weighted by Gasteiger charge is 2.13. The van der Waals surface area contributed by atoms with Crippen LogP contribution in [0.15, 0.2) is 66.7 Å². The van der Waals surface area contributed by atoms with Gasteiger partial charge in [-0.15, -0.1) is 0 Å². The van der Waals surface area contributed by atoms with Crippen LogP contribution >= 0.6 is 11.6 Å². The summed E-state index contributed by atoms with van der Waals surface area (Å²) in [7, 11) is 0. The SMILES string of the molecule is CCCCCCOc1cc(F)c(CCc2ccc3c(F)c(CCc4ccc(Cl)cc4)ccc3c2)c(F)c1. The fraction of sp³-hybridized carbons (Fsp3) is 0.312. The van der Waals surface area contributed by atoms with Gasteiger partial charge in [0, 0.05) is 28.1 Å². The van der Waals surface area contributed by atoms with E-state index in [-0.39, 0.29) is 23.6 Å². The van der Waals surface area contributed by atoms with E-state index in [0.717, 1.165) is 48.6 Å². The van der Waals surface area contributed by atoms with Crippen LogP contribution in [-0.2, 0) is 25.7 Å². The summed E-state index contributed by atoms with van der Waals surface area (Å²) in [5, 5.41) is 2.01. The van der Waals surface area contributed by atoms with Crippen molar-refractivity contribution >= 4 is 22.4 Å². The zero-order chi connectivity index (χ0) is 26.2. The van der Waals surface area contributed by atoms with Gasteiger partial charge < -0.3 is 4.74 Å². The summed E-state index contributed by atoms with van der Waals surface area (Å²) >= 11 is 5.94. The molecule has 0 radical (unpaired) electrons. The van der Waals surface area contributed by atoms with Crippen molar-refractivity contribution in [3.63, 3.8) is 0 Å². The lowest BCUT2D eigenvalue weighted by Gasteiger charge is -2.11. The molecule has 4 rings (SSSR count). The number of hydrogen-bond acceptors (Lipinski definition) is 1. The van der Waals surface area contributed by atoms with Gasteiger partial charge in [-0.25, -0.2) is 13.2 Å². The fourth-order valence-corrected chi connectivity index (χ4v) is 4.68. The van der Waals surface area contributed by atoms with E-state index in [1.54, 1.807) is 6.07 Å². The average molecular weight is 525 g/mol. The molecule has 0 saturated heterocycles. The number of benzene rings is 4. The first kappa shape index (κ1) is 27.1. The first-order chi connectivity index (χ1) is 17.9. The minimum absolute atomic E-state index is 0.0437. The molecule has 0 aliphatic carbocycles. The normalized spacial score (nSPS) is 11.3. The van der Waals surface area contributed by atoms with E-state index < -0.39 is 11.6 Å². The average Bonchev–Trinajstić information content (AvgIpc) is 2.88. The molecule has 5 heteroatoms. The summed E-state index contributed by atoms with van der Waals surface area (Å²) in [6, 6.07) is 19.3. The van der Waals surface area contributed by atoms with Gasteiger partial charge in [0.25, 0.3) is 0 Å². The van der Waals surface area contributed by atoms with Crippen LogP contribution in [-0.4, -0.2) is 6.61 Å². The highest BCUT2D eigenvalue weighted by molar-refractivity contribution is 6.30. The number of rotatable bonds is 12. The van der Waals surface area contributed by atoms with Crippen LogP contribution < -0.4 is 4.74 Å². The number of halogens is 4. The minimum Gasteiger partial charge on any atom is -0.493 e. The van der Waals surface area contributed by atoms with E-state index in [2.05, 4.69) is 6.92 Å². The second kappa shape index (κ2) is 13.0. The third-order valence-electron chi connectivity index (χ3n) is 6.74. The van der Waals surface area contributed by atoms with Crippen molar-refractivity contribution in [3.05, 3.63) is 111 Å². The molecule has 0 spiro atoms. The molecule has 194 valence electrons. The molecule has 4 aromatic rings. The summed E-state index contributed by atoms with van der Waals surface area (Å²) in [4.78, 5) is 0. The molecular formula is C32H32ClF3O. The maximum Gasteiger partial charge on any atom is 0.134 e. The Labute approximate surface area is 222 Å². The zero-order valence-electron chi connectivity index (χ0n) is 21.1. The van der Waals surface area contributed by atoms with Crippen LogP contribution in [0.3, 0.4) is 0 Å². The highest BCUT2D eigenvalue weighted by Crippen LogP contribution is 2.26. The molecule has 0 fully saturated rings. The summed E-state index contributed by atoms with van der Waals surface area (Å²) in [5.74, 6) is -1.19. The van der Waals surface area contributed by atoms with Gasteiger partial charge in [0.15, 0.2) is 0 Å². The summed E-state index contributed by atoms with van der Waals surface area (Å²) < 4.78 is 50.0. The van der Waals surface area contributed by atoms with Crippen LogP contribution in [0.1, 0.15) is 54.9 Å². The Hall–Kier alpha value is -2.98. The molecule has 0 heterocycles. The van der Waals surface area contributed by atoms with E-state index >= 15 is 4.39 Å². The Balaban J connectivity index is 1.38. The molecule has 0 amide bonds. The number of unbranched alkanes of at least 4 members (excludes halogenated alkanes) is 3. The van der Waals surface area contributed by atoms with Gasteiger partial charge >= 0.3 is 0 Å². The molecule has 0 unspecified atom stereocenters. The van der Waals surface area contributed by atoms with Gasteiger partial charge in [0.05, 0.1) is 6.61 Å². The lowest BCUT2D eigenvalue weighted by atomic mass is 9.97. The first-order valence-electron chi connectivity index (χ1n) is 13.0. The summed E-state index contributed by atoms with van der Waals surface area (Å²) in [6.45, 7) is 2.58. The standard InChI is InChI=1S/C32H32ClF3O/c1-2-3-4-5-18-37-27-20-30(34)29(31(35)21-27)17-10-23-9-16-28-25(19-23)13-12-24(32(28)36)11-6-22-7-14-26(33)15-8-22/h7-9,12-16,19-21H,2-6,10-11,17-18H2,1H3. The quantitative estimate of drug-likeness (QED) is 0.168. The maximum atomic E-state index is 15.2. The van der Waals surface area contributed by atoms with E-state index in [9.17, 15) is 8.78 Å². The molecule has 0 aromatic heterocycles. The van der Waals surface area contributed by atoms with E-state index in [1.807, 2.05) is 48.5 Å². The summed E-state index contributed by atoms with van der Waals surface area (Å²) in [6.07, 6.45) is 6.11. The predicted molar refractivity (Wildman–Crippen MR) is 146 cm³/mol. The number of hydrogen-bond donors (Lipinski definition) is 0. The van der Waals surface area contributed by atoms with Gasteiger partial charge in [-0.1, -0.05) is 80.3 Å². The molecule has 4 aromatic carbocycles. The van der Waals surface area contributed by atoms with E-state index in [1.165, 1.54) is 12.1 Å². The Kier molecular flexibility index (Phi) is 9.51. The van der Waals surface area contributed by atoms with Crippen molar-refractivity contribution in [3.8, 4) is 5.75 Å². The van der Waals surface area contributed by atoms with Crippen LogP contribution in [0.2, 0.25) is 5.02 Å². The third kappa shape index (κ3) is 7.29. The Morgan fingerprint density at radius 3 is 2.14 bits per heavy atom. The second-order valence-electron chi connectivity index (χ2n) is 9.50. The molecule has 0 aliphatic rings. The lowest BCUT2D eigenvalue weighted by molar-refractivity contribution is 0.301. The van der Waals surface area contributed by atoms with Crippen molar-refractivity contribution in [2.45, 2.75) is 58.3 Å². The van der Waals surface area contributed by atoms with Crippen molar-refractivity contribution in [2.75, 3.05) is 6.61 Å². The highest BCUT2D eigenvalue weighted by atomic mass is 35.5. The van der Waals surface area contributed by atoms with Gasteiger partial charge in [0.2, 0.25) is 0 Å². The van der Waals surface area contributed by atoms with Gasteiger partial charge in [-0.3, -0.25) is 0 Å². The second-order valence-corrected chi connectivity index (χ2v) is 9.93. The van der Waals surface area contributed by atoms with Crippen LogP contribution in [0, 0.1) is 17.5 Å². The summed E-state index contributed by atoms with van der Waals surface area (Å²) in [5.41, 5.74) is 2.70. The molecule has 0 saturated carbocycles. The predicted octanol–water partition coefficient (Wildman–Crippen LogP) is 9.44. The number of ether oxygens (including phenoxy) is 1. The molecule has 0 atom stereocenters. The van der Waals surface area contributed by atoms with Gasteiger partial charge in [-0.2, -0.15) is 0 Å². The molecular weight excluding hydrogens is 493 g/mol. The largest absolute Gasteiger partial charge is 0.493 e. The number of fused-ring (bicyclic) bond motifs is 1. The molecule has 0 N–H and O–H groups in total. The Morgan fingerprint density at radius 1 is 0.703 bits per heavy atom. The molecule has 0 bridgehead atoms. The first-order valence-corrected chi connectivity index (χ1v) is 13.4.